The van der Waals surface area contributed by atoms with Gasteiger partial charge in [0.2, 0.25) is 11.8 Å². The van der Waals surface area contributed by atoms with Crippen molar-refractivity contribution in [2.24, 2.45) is 0 Å². The number of likely N-dealkylation sites (tertiary alicyclic amines) is 2. The number of aryl methyl sites for hydroxylation is 3. The first-order valence-electron chi connectivity index (χ1n) is 24.9. The van der Waals surface area contributed by atoms with E-state index >= 15 is 0 Å². The second-order valence-electron chi connectivity index (χ2n) is 15.1. The molecule has 4 heterocycles. The van der Waals surface area contributed by atoms with E-state index in [9.17, 15) is 9.59 Å². The molecule has 0 aromatic heterocycles. The third-order valence-corrected chi connectivity index (χ3v) is 9.49. The fourth-order valence-electron chi connectivity index (χ4n) is 5.57. The predicted molar refractivity (Wildman–Crippen MR) is 298 cm³/mol. The zero-order chi connectivity index (χ0) is 50.4. The molecule has 2 amide bonds. The van der Waals surface area contributed by atoms with Crippen LogP contribution in [0.25, 0.3) is 10.8 Å². The van der Waals surface area contributed by atoms with Crippen LogP contribution >= 0.6 is 0 Å². The molecule has 0 spiro atoms. The van der Waals surface area contributed by atoms with Crippen molar-refractivity contribution in [3.05, 3.63) is 156 Å². The molecule has 4 fully saturated rings. The van der Waals surface area contributed by atoms with Crippen LogP contribution in [0, 0.1) is 20.8 Å². The summed E-state index contributed by atoms with van der Waals surface area (Å²) in [6, 6.07) is 45.5. The minimum absolute atomic E-state index is 0. The van der Waals surface area contributed by atoms with Gasteiger partial charge < -0.3 is 24.3 Å². The van der Waals surface area contributed by atoms with Crippen LogP contribution in [0.1, 0.15) is 125 Å². The average molecular weight is 925 g/mol. The van der Waals surface area contributed by atoms with Crippen molar-refractivity contribution in [2.45, 2.75) is 130 Å². The highest BCUT2D eigenvalue weighted by Gasteiger charge is 2.18. The highest BCUT2D eigenvalue weighted by Crippen LogP contribution is 2.16. The summed E-state index contributed by atoms with van der Waals surface area (Å²) >= 11 is 0. The minimum Gasteiger partial charge on any atom is -0.380 e. The molecule has 67 heavy (non-hydrogen) atoms. The monoisotopic (exact) mass is 925 g/mol. The number of hydrogen-bond donors (Lipinski definition) is 0. The van der Waals surface area contributed by atoms with Crippen molar-refractivity contribution in [3.8, 4) is 0 Å². The molecule has 0 unspecified atom stereocenters. The topological polar surface area (TPSA) is 55.9 Å². The van der Waals surface area contributed by atoms with Gasteiger partial charge in [-0.1, -0.05) is 207 Å². The lowest BCUT2D eigenvalue weighted by atomic mass is 10.1. The number of methoxy groups -OCH3 is 1. The van der Waals surface area contributed by atoms with Crippen molar-refractivity contribution in [3.63, 3.8) is 0 Å². The molecule has 0 saturated carbocycles. The first-order valence-corrected chi connectivity index (χ1v) is 24.9. The van der Waals surface area contributed by atoms with E-state index in [1.165, 1.54) is 84.9 Å². The second kappa shape index (κ2) is 49.1. The van der Waals surface area contributed by atoms with Crippen LogP contribution in [-0.4, -0.2) is 105 Å². The highest BCUT2D eigenvalue weighted by atomic mass is 16.5. The molecule has 7 heteroatoms. The number of carbonyl (C=O) groups excluding carboxylic acids is 2. The molecule has 0 bridgehead atoms. The molecule has 5 aromatic rings. The van der Waals surface area contributed by atoms with Crippen LogP contribution in [0.4, 0.5) is 0 Å². The molecular formula is C60H100N4O3. The Hall–Kier alpha value is -4.82. The maximum absolute atomic E-state index is 10.6. The molecule has 4 saturated heterocycles. The average Bonchev–Trinajstić information content (AvgIpc) is 4.26. The van der Waals surface area contributed by atoms with Gasteiger partial charge in [-0.25, -0.2) is 0 Å². The van der Waals surface area contributed by atoms with E-state index in [2.05, 4.69) is 111 Å². The standard InChI is InChI=1S/C11H10.C8H10O.2C7H8.C6H11NO.C5H11N.C4H7NO.C3H7N.4C2H6.CH4/c1-9-5-4-7-10-6-2-3-8-11(9)10;1-9-7-8-5-3-2-4-6-8;2*1-7-5-3-2-4-6-7;1-6(8)7-4-2-3-5-7;1-6-4-2-3-5-6;1-4(6)5-2-3-5;1-4-2-3-4;4*1-2;/h2-8H,1H3;2-6H,7H2,1H3;2*2-6H,1H3;2-5H2,1H3;2-5H2,1H3;2-3H2,1H3;2-3H2,1H3;4*1-2H3;1H4. The summed E-state index contributed by atoms with van der Waals surface area (Å²) in [6.45, 7) is 35.4. The Morgan fingerprint density at radius 2 is 0.776 bits per heavy atom. The van der Waals surface area contributed by atoms with Crippen LogP contribution in [0.5, 0.6) is 0 Å². The Kier molecular flexibility index (Phi) is 50.4. The summed E-state index contributed by atoms with van der Waals surface area (Å²) in [5.74, 6) is 0.428. The Labute approximate surface area is 413 Å². The van der Waals surface area contributed by atoms with Crippen molar-refractivity contribution >= 4 is 22.6 Å². The van der Waals surface area contributed by atoms with E-state index in [4.69, 9.17) is 4.74 Å². The number of ether oxygens (including phenoxy) is 1. The zero-order valence-electron chi connectivity index (χ0n) is 44.9. The van der Waals surface area contributed by atoms with Gasteiger partial charge in [0.05, 0.1) is 6.61 Å². The highest BCUT2D eigenvalue weighted by molar-refractivity contribution is 5.85. The van der Waals surface area contributed by atoms with Gasteiger partial charge in [-0.15, -0.1) is 0 Å². The summed E-state index contributed by atoms with van der Waals surface area (Å²) in [7, 11) is 5.99. The Morgan fingerprint density at radius 3 is 1.04 bits per heavy atom. The van der Waals surface area contributed by atoms with E-state index in [0.29, 0.717) is 6.61 Å². The van der Waals surface area contributed by atoms with Crippen LogP contribution in [0.15, 0.2) is 133 Å². The lowest BCUT2D eigenvalue weighted by Gasteiger charge is -2.10. The molecule has 378 valence electrons. The number of likely N-dealkylation sites (N-methyl/N-ethyl adjacent to an activating group) is 1. The number of rotatable bonds is 2. The number of hydrogen-bond acceptors (Lipinski definition) is 5. The van der Waals surface area contributed by atoms with E-state index < -0.39 is 0 Å². The van der Waals surface area contributed by atoms with Gasteiger partial charge in [0.25, 0.3) is 0 Å². The van der Waals surface area contributed by atoms with Crippen molar-refractivity contribution in [1.29, 1.82) is 0 Å². The third-order valence-electron chi connectivity index (χ3n) is 9.49. The smallest absolute Gasteiger partial charge is 0.219 e. The summed E-state index contributed by atoms with van der Waals surface area (Å²) in [6.07, 6.45) is 5.21. The lowest BCUT2D eigenvalue weighted by molar-refractivity contribution is -0.127. The summed E-state index contributed by atoms with van der Waals surface area (Å²) in [5, 5.41) is 2.68. The molecule has 4 aliphatic heterocycles. The molecule has 7 nitrogen and oxygen atoms in total. The number of nitrogens with zero attached hydrogens (tertiary/aromatic N) is 4. The number of benzene rings is 5. The van der Waals surface area contributed by atoms with Gasteiger partial charge >= 0.3 is 0 Å². The summed E-state index contributed by atoms with van der Waals surface area (Å²) < 4.78 is 4.93. The number of amides is 2. The predicted octanol–water partition coefficient (Wildman–Crippen LogP) is 14.8. The zero-order valence-corrected chi connectivity index (χ0v) is 44.9. The van der Waals surface area contributed by atoms with Gasteiger partial charge in [-0.3, -0.25) is 9.59 Å². The molecule has 9 rings (SSSR count). The molecule has 4 aliphatic rings. The van der Waals surface area contributed by atoms with E-state index in [-0.39, 0.29) is 19.2 Å². The summed E-state index contributed by atoms with van der Waals surface area (Å²) in [4.78, 5) is 29.0. The molecule has 5 aromatic carbocycles. The normalized spacial score (nSPS) is 12.9. The Balaban J connectivity index is -0.000000334. The number of fused-ring (bicyclic) bond motifs is 1. The number of carbonyl (C=O) groups is 2. The maximum Gasteiger partial charge on any atom is 0.219 e. The molecule has 0 aliphatic carbocycles. The largest absolute Gasteiger partial charge is 0.380 e. The minimum atomic E-state index is 0. The van der Waals surface area contributed by atoms with Gasteiger partial charge in [0, 0.05) is 60.2 Å². The second-order valence-corrected chi connectivity index (χ2v) is 15.1. The maximum atomic E-state index is 10.6. The molecule has 0 N–H and O–H groups in total. The summed E-state index contributed by atoms with van der Waals surface area (Å²) in [5.41, 5.74) is 5.22. The Bertz CT molecular complexity index is 1720. The van der Waals surface area contributed by atoms with Crippen LogP contribution in [0.2, 0.25) is 0 Å². The quantitative estimate of drug-likeness (QED) is 0.165. The fraction of sp³-hybridized carbons (Fsp3) is 0.500. The first kappa shape index (κ1) is 68.8. The van der Waals surface area contributed by atoms with E-state index in [0.717, 1.165) is 26.2 Å². The molecule has 0 atom stereocenters. The van der Waals surface area contributed by atoms with Crippen molar-refractivity contribution in [2.75, 3.05) is 73.6 Å². The van der Waals surface area contributed by atoms with Gasteiger partial charge in [0.15, 0.2) is 0 Å². The van der Waals surface area contributed by atoms with Crippen LogP contribution in [0.3, 0.4) is 0 Å². The first-order chi connectivity index (χ1) is 32.0. The van der Waals surface area contributed by atoms with Gasteiger partial charge in [-0.05, 0) is 95.5 Å². The lowest BCUT2D eigenvalue weighted by Crippen LogP contribution is -2.24. The third kappa shape index (κ3) is 42.3. The SMILES string of the molecule is C.CC.CC.CC.CC.CC(=O)N1CC1.CC(=O)N1CCCC1.CN1CC1.CN1CCCC1.COCc1ccccc1.Cc1cccc2ccccc12.Cc1ccccc1.Cc1ccccc1. The van der Waals surface area contributed by atoms with E-state index in [1.807, 2.05) is 127 Å². The Morgan fingerprint density at radius 1 is 0.448 bits per heavy atom. The fourth-order valence-corrected chi connectivity index (χ4v) is 5.57. The van der Waals surface area contributed by atoms with Gasteiger partial charge in [0.1, 0.15) is 0 Å². The van der Waals surface area contributed by atoms with Gasteiger partial charge in [-0.2, -0.15) is 0 Å². The van der Waals surface area contributed by atoms with E-state index in [1.54, 1.807) is 25.9 Å². The van der Waals surface area contributed by atoms with Crippen LogP contribution in [-0.2, 0) is 20.9 Å². The van der Waals surface area contributed by atoms with Crippen LogP contribution < -0.4 is 0 Å². The van der Waals surface area contributed by atoms with Crippen molar-refractivity contribution in [1.82, 2.24) is 19.6 Å². The molecule has 0 radical (unpaired) electrons. The van der Waals surface area contributed by atoms with Crippen molar-refractivity contribution < 1.29 is 14.3 Å². The molecular weight excluding hydrogens is 825 g/mol.